The van der Waals surface area contributed by atoms with Crippen molar-refractivity contribution in [2.45, 2.75) is 6.04 Å². The number of likely N-dealkylation sites (tertiary alicyclic amines) is 2. The summed E-state index contributed by atoms with van der Waals surface area (Å²) in [5.41, 5.74) is 0.864. The van der Waals surface area contributed by atoms with Gasteiger partial charge in [0.25, 0.3) is 5.91 Å². The van der Waals surface area contributed by atoms with E-state index in [0.29, 0.717) is 13.1 Å². The Morgan fingerprint density at radius 1 is 1.08 bits per heavy atom. The molecule has 2 aromatic rings. The minimum absolute atomic E-state index is 0.0477. The molecule has 4 rings (SSSR count). The van der Waals surface area contributed by atoms with Gasteiger partial charge in [0, 0.05) is 31.6 Å². The van der Waals surface area contributed by atoms with Crippen molar-refractivity contribution in [1.29, 1.82) is 0 Å². The van der Waals surface area contributed by atoms with E-state index in [0.717, 1.165) is 12.1 Å². The molecule has 5 nitrogen and oxygen atoms in total. The average molecular weight is 356 g/mol. The zero-order chi connectivity index (χ0) is 18.4. The lowest BCUT2D eigenvalue weighted by molar-refractivity contribution is 0.0761. The Bertz CT molecular complexity index is 836. The molecule has 2 fully saturated rings. The topological polar surface area (TPSA) is 64.0 Å². The molecular weight excluding hydrogens is 335 g/mol. The Labute approximate surface area is 151 Å². The molecule has 2 heterocycles. The molecule has 2 aromatic carbocycles. The summed E-state index contributed by atoms with van der Waals surface area (Å²) in [6, 6.07) is 11.0. The third-order valence-electron chi connectivity index (χ3n) is 5.61. The monoisotopic (exact) mass is 356 g/mol. The van der Waals surface area contributed by atoms with Gasteiger partial charge >= 0.3 is 0 Å². The highest BCUT2D eigenvalue weighted by molar-refractivity contribution is 5.99. The molecule has 2 N–H and O–H groups in total. The van der Waals surface area contributed by atoms with E-state index in [2.05, 4.69) is 4.90 Å². The number of hydrogen-bond acceptors (Lipinski definition) is 4. The van der Waals surface area contributed by atoms with Crippen molar-refractivity contribution in [2.75, 3.05) is 26.7 Å². The molecule has 0 saturated carbocycles. The second-order valence-electron chi connectivity index (χ2n) is 7.24. The van der Waals surface area contributed by atoms with Crippen LogP contribution in [0.1, 0.15) is 22.0 Å². The van der Waals surface area contributed by atoms with Crippen molar-refractivity contribution < 1.29 is 19.4 Å². The van der Waals surface area contributed by atoms with Crippen LogP contribution < -0.4 is 0 Å². The average Bonchev–Trinajstić information content (AvgIpc) is 3.11. The molecule has 0 unspecified atom stereocenters. The van der Waals surface area contributed by atoms with Gasteiger partial charge in [0.05, 0.1) is 0 Å². The maximum Gasteiger partial charge on any atom is 0.261 e. The van der Waals surface area contributed by atoms with E-state index < -0.39 is 0 Å². The first-order chi connectivity index (χ1) is 12.5. The molecule has 0 radical (unpaired) electrons. The maximum absolute atomic E-state index is 13.7. The van der Waals surface area contributed by atoms with Crippen LogP contribution in [0.15, 0.2) is 42.5 Å². The molecule has 2 aliphatic rings. The molecule has 136 valence electrons. The van der Waals surface area contributed by atoms with Gasteiger partial charge in [-0.05, 0) is 42.8 Å². The number of carbonyl (C=O) groups is 1. The van der Waals surface area contributed by atoms with Gasteiger partial charge in [0.1, 0.15) is 22.9 Å². The molecule has 2 saturated heterocycles. The number of phenols is 2. The van der Waals surface area contributed by atoms with E-state index in [1.165, 1.54) is 24.3 Å². The molecule has 0 bridgehead atoms. The summed E-state index contributed by atoms with van der Waals surface area (Å²) in [6.45, 7) is 1.90. The SMILES string of the molecule is CN1C[C@H]2CN(C(=O)c3c(O)cccc3O)C[C@H]2[C@@H]1c1cccc(F)c1. The van der Waals surface area contributed by atoms with Crippen molar-refractivity contribution in [3.05, 3.63) is 59.4 Å². The molecule has 0 aliphatic carbocycles. The summed E-state index contributed by atoms with van der Waals surface area (Å²) < 4.78 is 13.7. The number of rotatable bonds is 2. The Kier molecular flexibility index (Phi) is 4.07. The summed E-state index contributed by atoms with van der Waals surface area (Å²) in [5, 5.41) is 19.9. The van der Waals surface area contributed by atoms with Crippen LogP contribution >= 0.6 is 0 Å². The second kappa shape index (κ2) is 6.29. The minimum atomic E-state index is -0.365. The smallest absolute Gasteiger partial charge is 0.261 e. The standard InChI is InChI=1S/C20H21FN2O3/c1-22-9-13-10-23(20(26)18-16(24)6-3-7-17(18)25)11-15(13)19(22)12-4-2-5-14(21)8-12/h2-8,13,15,19,24-25H,9-11H2,1H3/t13-,15+,19-/m0/s1. The quantitative estimate of drug-likeness (QED) is 0.868. The third-order valence-corrected chi connectivity index (χ3v) is 5.61. The lowest BCUT2D eigenvalue weighted by Gasteiger charge is -2.27. The van der Waals surface area contributed by atoms with E-state index in [9.17, 15) is 19.4 Å². The summed E-state index contributed by atoms with van der Waals surface area (Å²) in [4.78, 5) is 16.7. The number of amides is 1. The van der Waals surface area contributed by atoms with Gasteiger partial charge < -0.3 is 15.1 Å². The highest BCUT2D eigenvalue weighted by Gasteiger charge is 2.47. The molecule has 2 aliphatic heterocycles. The lowest BCUT2D eigenvalue weighted by atomic mass is 9.89. The molecule has 1 amide bonds. The Hall–Kier alpha value is -2.60. The van der Waals surface area contributed by atoms with E-state index >= 15 is 0 Å². The fourth-order valence-corrected chi connectivity index (χ4v) is 4.52. The number of nitrogens with zero attached hydrogens (tertiary/aromatic N) is 2. The van der Waals surface area contributed by atoms with Crippen LogP contribution in [0.25, 0.3) is 0 Å². The summed E-state index contributed by atoms with van der Waals surface area (Å²) in [7, 11) is 2.02. The molecular formula is C20H21FN2O3. The lowest BCUT2D eigenvalue weighted by Crippen LogP contribution is -2.33. The van der Waals surface area contributed by atoms with Gasteiger partial charge in [0.15, 0.2) is 0 Å². The Morgan fingerprint density at radius 3 is 2.46 bits per heavy atom. The van der Waals surface area contributed by atoms with Gasteiger partial charge in [0.2, 0.25) is 0 Å². The van der Waals surface area contributed by atoms with E-state index in [1.54, 1.807) is 17.0 Å². The number of fused-ring (bicyclic) bond motifs is 1. The van der Waals surface area contributed by atoms with Crippen LogP contribution in [0.3, 0.4) is 0 Å². The largest absolute Gasteiger partial charge is 0.507 e. The normalized spacial score (nSPS) is 25.5. The van der Waals surface area contributed by atoms with Gasteiger partial charge in [-0.3, -0.25) is 9.69 Å². The fraction of sp³-hybridized carbons (Fsp3) is 0.350. The molecule has 6 heteroatoms. The summed E-state index contributed by atoms with van der Waals surface area (Å²) >= 11 is 0. The van der Waals surface area contributed by atoms with Gasteiger partial charge in [-0.15, -0.1) is 0 Å². The van der Waals surface area contributed by atoms with Crippen molar-refractivity contribution in [3.8, 4) is 11.5 Å². The predicted molar refractivity (Wildman–Crippen MR) is 94.4 cm³/mol. The van der Waals surface area contributed by atoms with Crippen LogP contribution in [0.2, 0.25) is 0 Å². The Morgan fingerprint density at radius 2 is 1.77 bits per heavy atom. The first kappa shape index (κ1) is 16.8. The molecule has 0 aromatic heterocycles. The zero-order valence-electron chi connectivity index (χ0n) is 14.5. The molecule has 26 heavy (non-hydrogen) atoms. The van der Waals surface area contributed by atoms with Crippen molar-refractivity contribution in [1.82, 2.24) is 9.80 Å². The zero-order valence-corrected chi connectivity index (χ0v) is 14.5. The van der Waals surface area contributed by atoms with Crippen LogP contribution in [-0.4, -0.2) is 52.6 Å². The molecule has 3 atom stereocenters. The highest BCUT2D eigenvalue weighted by Crippen LogP contribution is 2.45. The first-order valence-electron chi connectivity index (χ1n) is 8.71. The fourth-order valence-electron chi connectivity index (χ4n) is 4.52. The van der Waals surface area contributed by atoms with Gasteiger partial charge in [-0.2, -0.15) is 0 Å². The van der Waals surface area contributed by atoms with Crippen molar-refractivity contribution in [3.63, 3.8) is 0 Å². The number of aromatic hydroxyl groups is 2. The first-order valence-corrected chi connectivity index (χ1v) is 8.71. The number of hydrogen-bond donors (Lipinski definition) is 2. The van der Waals surface area contributed by atoms with Crippen molar-refractivity contribution in [2.24, 2.45) is 11.8 Å². The summed E-state index contributed by atoms with van der Waals surface area (Å²) in [5.74, 6) is -0.583. The number of carbonyl (C=O) groups excluding carboxylic acids is 1. The number of halogens is 1. The second-order valence-corrected chi connectivity index (χ2v) is 7.24. The molecule has 0 spiro atoms. The van der Waals surface area contributed by atoms with Crippen molar-refractivity contribution >= 4 is 5.91 Å². The van der Waals surface area contributed by atoms with E-state index in [4.69, 9.17) is 0 Å². The van der Waals surface area contributed by atoms with Crippen LogP contribution in [0, 0.1) is 17.7 Å². The van der Waals surface area contributed by atoms with Crippen LogP contribution in [0.4, 0.5) is 4.39 Å². The van der Waals surface area contributed by atoms with E-state index in [-0.39, 0.29) is 46.7 Å². The summed E-state index contributed by atoms with van der Waals surface area (Å²) in [6.07, 6.45) is 0. The van der Waals surface area contributed by atoms with E-state index in [1.807, 2.05) is 13.1 Å². The predicted octanol–water partition coefficient (Wildman–Crippen LogP) is 2.61. The van der Waals surface area contributed by atoms with Crippen LogP contribution in [-0.2, 0) is 0 Å². The highest BCUT2D eigenvalue weighted by atomic mass is 19.1. The maximum atomic E-state index is 13.7. The van der Waals surface area contributed by atoms with Gasteiger partial charge in [-0.25, -0.2) is 4.39 Å². The van der Waals surface area contributed by atoms with Crippen LogP contribution in [0.5, 0.6) is 11.5 Å². The van der Waals surface area contributed by atoms with Gasteiger partial charge in [-0.1, -0.05) is 18.2 Å². The number of benzene rings is 2. The Balaban J connectivity index is 1.59. The number of phenolic OH excluding ortho intramolecular Hbond substituents is 2. The minimum Gasteiger partial charge on any atom is -0.507 e. The third kappa shape index (κ3) is 2.70.